The summed E-state index contributed by atoms with van der Waals surface area (Å²) >= 11 is 0. The van der Waals surface area contributed by atoms with E-state index in [9.17, 15) is 4.39 Å². The largest absolute Gasteiger partial charge is 0.207 e. The molecule has 0 bridgehead atoms. The molecule has 0 unspecified atom stereocenters. The first-order valence-corrected chi connectivity index (χ1v) is 3.53. The Hall–Kier alpha value is -2.13. The molecule has 0 amide bonds. The summed E-state index contributed by atoms with van der Waals surface area (Å²) in [6.07, 6.45) is 2.61. The third-order valence-electron chi connectivity index (χ3n) is 1.47. The highest BCUT2D eigenvalue weighted by Gasteiger charge is 1.99. The maximum absolute atomic E-state index is 12.7. The van der Waals surface area contributed by atoms with Crippen molar-refractivity contribution in [2.24, 2.45) is 0 Å². The monoisotopic (exact) mass is 172 g/mol. The summed E-state index contributed by atoms with van der Waals surface area (Å²) in [5.41, 5.74) is 0.775. The Kier molecular flexibility index (Phi) is 2.78. The van der Waals surface area contributed by atoms with Crippen LogP contribution in [0, 0.1) is 28.5 Å². The quantitative estimate of drug-likeness (QED) is 0.610. The molecule has 0 aromatic heterocycles. The average Bonchev–Trinajstić information content (AvgIpc) is 2.15. The molecule has 0 aliphatic heterocycles. The molecule has 1 aromatic carbocycles. The minimum atomic E-state index is -0.420. The predicted molar refractivity (Wildman–Crippen MR) is 45.8 cm³/mol. The molecular weight excluding hydrogens is 167 g/mol. The Morgan fingerprint density at radius 1 is 1.31 bits per heavy atom. The van der Waals surface area contributed by atoms with E-state index in [-0.39, 0.29) is 0 Å². The van der Waals surface area contributed by atoms with Gasteiger partial charge in [-0.05, 0) is 29.8 Å². The van der Waals surface area contributed by atoms with Crippen molar-refractivity contribution in [3.05, 3.63) is 41.2 Å². The maximum Gasteiger partial charge on any atom is 0.123 e. The second-order valence-corrected chi connectivity index (χ2v) is 2.31. The highest BCUT2D eigenvalue weighted by molar-refractivity contribution is 5.59. The first-order valence-electron chi connectivity index (χ1n) is 3.53. The van der Waals surface area contributed by atoms with E-state index < -0.39 is 5.82 Å². The van der Waals surface area contributed by atoms with E-state index in [4.69, 9.17) is 10.5 Å². The zero-order valence-corrected chi connectivity index (χ0v) is 6.66. The minimum absolute atomic E-state index is 0.355. The molecule has 1 rings (SSSR count). The SMILES string of the molecule is N#CC=Cc1cc(F)ccc1C#N. The number of nitrogens with zero attached hydrogens (tertiary/aromatic N) is 2. The Morgan fingerprint density at radius 3 is 2.69 bits per heavy atom. The van der Waals surface area contributed by atoms with Gasteiger partial charge in [-0.15, -0.1) is 0 Å². The molecule has 0 atom stereocenters. The molecule has 0 aliphatic rings. The van der Waals surface area contributed by atoms with E-state index in [1.54, 1.807) is 6.07 Å². The standard InChI is InChI=1S/C10H5FN2/c11-10-4-3-9(7-13)8(6-10)2-1-5-12/h1-4,6H. The van der Waals surface area contributed by atoms with Crippen molar-refractivity contribution in [2.45, 2.75) is 0 Å². The molecule has 0 heterocycles. The van der Waals surface area contributed by atoms with E-state index >= 15 is 0 Å². The summed E-state index contributed by atoms with van der Waals surface area (Å²) in [7, 11) is 0. The van der Waals surface area contributed by atoms with Crippen LogP contribution in [0.15, 0.2) is 24.3 Å². The third kappa shape index (κ3) is 2.15. The smallest absolute Gasteiger partial charge is 0.123 e. The fourth-order valence-corrected chi connectivity index (χ4v) is 0.900. The van der Waals surface area contributed by atoms with Gasteiger partial charge in [0.1, 0.15) is 5.82 Å². The molecule has 0 N–H and O–H groups in total. The van der Waals surface area contributed by atoms with Crippen molar-refractivity contribution in [3.8, 4) is 12.1 Å². The number of nitriles is 2. The second-order valence-electron chi connectivity index (χ2n) is 2.31. The van der Waals surface area contributed by atoms with E-state index in [1.807, 2.05) is 6.07 Å². The van der Waals surface area contributed by atoms with Crippen LogP contribution in [0.2, 0.25) is 0 Å². The summed E-state index contributed by atoms with van der Waals surface area (Å²) in [6, 6.07) is 7.49. The van der Waals surface area contributed by atoms with Crippen molar-refractivity contribution in [3.63, 3.8) is 0 Å². The summed E-state index contributed by atoms with van der Waals surface area (Å²) in [5, 5.41) is 16.9. The lowest BCUT2D eigenvalue weighted by atomic mass is 10.1. The summed E-state index contributed by atoms with van der Waals surface area (Å²) in [6.45, 7) is 0. The van der Waals surface area contributed by atoms with Gasteiger partial charge in [0.25, 0.3) is 0 Å². The third-order valence-corrected chi connectivity index (χ3v) is 1.47. The van der Waals surface area contributed by atoms with Crippen LogP contribution >= 0.6 is 0 Å². The molecular formula is C10H5FN2. The maximum atomic E-state index is 12.7. The number of hydrogen-bond donors (Lipinski definition) is 0. The Labute approximate surface area is 75.2 Å². The van der Waals surface area contributed by atoms with Crippen LogP contribution < -0.4 is 0 Å². The van der Waals surface area contributed by atoms with Crippen LogP contribution in [-0.4, -0.2) is 0 Å². The summed E-state index contributed by atoms with van der Waals surface area (Å²) in [5.74, 6) is -0.420. The van der Waals surface area contributed by atoms with Crippen LogP contribution in [0.5, 0.6) is 0 Å². The fourth-order valence-electron chi connectivity index (χ4n) is 0.900. The van der Waals surface area contributed by atoms with E-state index in [1.165, 1.54) is 30.4 Å². The van der Waals surface area contributed by atoms with E-state index in [0.717, 1.165) is 0 Å². The van der Waals surface area contributed by atoms with Crippen LogP contribution in [-0.2, 0) is 0 Å². The van der Waals surface area contributed by atoms with Gasteiger partial charge >= 0.3 is 0 Å². The van der Waals surface area contributed by atoms with Crippen LogP contribution in [0.4, 0.5) is 4.39 Å². The van der Waals surface area contributed by atoms with Gasteiger partial charge in [0.15, 0.2) is 0 Å². The van der Waals surface area contributed by atoms with Gasteiger partial charge in [-0.3, -0.25) is 0 Å². The molecule has 62 valence electrons. The van der Waals surface area contributed by atoms with E-state index in [0.29, 0.717) is 11.1 Å². The topological polar surface area (TPSA) is 47.6 Å². The molecule has 3 heteroatoms. The molecule has 0 fully saturated rings. The molecule has 0 spiro atoms. The lowest BCUT2D eigenvalue weighted by molar-refractivity contribution is 0.627. The molecule has 0 radical (unpaired) electrons. The number of allylic oxidation sites excluding steroid dienone is 1. The second kappa shape index (κ2) is 4.04. The van der Waals surface area contributed by atoms with Gasteiger partial charge < -0.3 is 0 Å². The van der Waals surface area contributed by atoms with Gasteiger partial charge in [-0.2, -0.15) is 10.5 Å². The van der Waals surface area contributed by atoms with Crippen molar-refractivity contribution < 1.29 is 4.39 Å². The number of halogens is 1. The fraction of sp³-hybridized carbons (Fsp3) is 0. The summed E-state index contributed by atoms with van der Waals surface area (Å²) in [4.78, 5) is 0. The lowest BCUT2D eigenvalue weighted by Gasteiger charge is -1.95. The summed E-state index contributed by atoms with van der Waals surface area (Å²) < 4.78 is 12.7. The van der Waals surface area contributed by atoms with Gasteiger partial charge in [-0.25, -0.2) is 4.39 Å². The highest BCUT2D eigenvalue weighted by Crippen LogP contribution is 2.11. The normalized spacial score (nSPS) is 9.46. The number of benzene rings is 1. The van der Waals surface area contributed by atoms with Crippen molar-refractivity contribution >= 4 is 6.08 Å². The van der Waals surface area contributed by atoms with Gasteiger partial charge in [-0.1, -0.05) is 0 Å². The molecule has 0 saturated carbocycles. The minimum Gasteiger partial charge on any atom is -0.207 e. The first kappa shape index (κ1) is 8.96. The average molecular weight is 172 g/mol. The van der Waals surface area contributed by atoms with Crippen LogP contribution in [0.25, 0.3) is 6.08 Å². The Morgan fingerprint density at radius 2 is 2.08 bits per heavy atom. The highest BCUT2D eigenvalue weighted by atomic mass is 19.1. The van der Waals surface area contributed by atoms with E-state index in [2.05, 4.69) is 0 Å². The molecule has 2 nitrogen and oxygen atoms in total. The van der Waals surface area contributed by atoms with Gasteiger partial charge in [0, 0.05) is 6.08 Å². The predicted octanol–water partition coefficient (Wildman–Crippen LogP) is 2.23. The van der Waals surface area contributed by atoms with Gasteiger partial charge in [0.2, 0.25) is 0 Å². The Balaban J connectivity index is 3.19. The van der Waals surface area contributed by atoms with Gasteiger partial charge in [0.05, 0.1) is 17.7 Å². The van der Waals surface area contributed by atoms with Crippen LogP contribution in [0.3, 0.4) is 0 Å². The molecule has 0 aliphatic carbocycles. The van der Waals surface area contributed by atoms with Crippen molar-refractivity contribution in [1.29, 1.82) is 10.5 Å². The molecule has 13 heavy (non-hydrogen) atoms. The first-order chi connectivity index (χ1) is 6.27. The zero-order valence-electron chi connectivity index (χ0n) is 6.66. The number of hydrogen-bond acceptors (Lipinski definition) is 2. The van der Waals surface area contributed by atoms with Crippen LogP contribution in [0.1, 0.15) is 11.1 Å². The molecule has 1 aromatic rings. The van der Waals surface area contributed by atoms with Crippen molar-refractivity contribution in [1.82, 2.24) is 0 Å². The zero-order chi connectivity index (χ0) is 9.68. The lowest BCUT2D eigenvalue weighted by Crippen LogP contribution is -1.83. The number of rotatable bonds is 1. The van der Waals surface area contributed by atoms with Crippen molar-refractivity contribution in [2.75, 3.05) is 0 Å². The molecule has 0 saturated heterocycles. The Bertz CT molecular complexity index is 422.